The van der Waals surface area contributed by atoms with Crippen LogP contribution in [0.2, 0.25) is 0 Å². The molecule has 0 radical (unpaired) electrons. The average Bonchev–Trinajstić information content (AvgIpc) is 2.97. The number of amides is 4. The van der Waals surface area contributed by atoms with Crippen molar-refractivity contribution in [1.29, 1.82) is 0 Å². The lowest BCUT2D eigenvalue weighted by atomic mass is 10.0. The van der Waals surface area contributed by atoms with E-state index in [1.165, 1.54) is 23.9 Å². The van der Waals surface area contributed by atoms with Crippen LogP contribution >= 0.6 is 11.8 Å². The van der Waals surface area contributed by atoms with Crippen LogP contribution in [0.3, 0.4) is 0 Å². The number of carbonyl (C=O) groups excluding carboxylic acids is 4. The lowest BCUT2D eigenvalue weighted by Gasteiger charge is -2.25. The second kappa shape index (κ2) is 18.3. The second-order valence-corrected chi connectivity index (χ2v) is 11.0. The Morgan fingerprint density at radius 1 is 0.791 bits per heavy atom. The number of nitrogens with one attached hydrogen (secondary N) is 3. The molecule has 0 aliphatic heterocycles. The molecule has 0 saturated carbocycles. The molecule has 0 fully saturated rings. The summed E-state index contributed by atoms with van der Waals surface area (Å²) in [4.78, 5) is 55.8. The Morgan fingerprint density at radius 2 is 1.35 bits per heavy atom. The van der Waals surface area contributed by atoms with Crippen molar-refractivity contribution in [3.8, 4) is 5.75 Å². The van der Waals surface area contributed by atoms with E-state index in [1.807, 2.05) is 36.6 Å². The number of aliphatic imine (C=N–C) groups is 1. The van der Waals surface area contributed by atoms with E-state index in [2.05, 4.69) is 20.9 Å². The fourth-order valence-electron chi connectivity index (χ4n) is 4.15. The fraction of sp³-hybridized carbons (Fsp3) is 0.414. The molecule has 12 N–H and O–H groups in total. The molecule has 234 valence electrons. The number of thioether (sulfide) groups is 1. The number of nitrogens with zero attached hydrogens (tertiary/aromatic N) is 1. The van der Waals surface area contributed by atoms with Crippen molar-refractivity contribution in [1.82, 2.24) is 16.0 Å². The van der Waals surface area contributed by atoms with Gasteiger partial charge in [-0.15, -0.1) is 0 Å². The molecule has 0 aromatic heterocycles. The van der Waals surface area contributed by atoms with E-state index < -0.39 is 47.8 Å². The van der Waals surface area contributed by atoms with Crippen molar-refractivity contribution in [2.24, 2.45) is 27.9 Å². The van der Waals surface area contributed by atoms with Crippen LogP contribution in [0.25, 0.3) is 0 Å². The molecule has 2 rings (SSSR count). The zero-order valence-electron chi connectivity index (χ0n) is 24.2. The van der Waals surface area contributed by atoms with Gasteiger partial charge in [-0.1, -0.05) is 42.5 Å². The summed E-state index contributed by atoms with van der Waals surface area (Å²) in [7, 11) is 0. The van der Waals surface area contributed by atoms with Crippen LogP contribution in [0.4, 0.5) is 0 Å². The van der Waals surface area contributed by atoms with Crippen LogP contribution < -0.4 is 38.9 Å². The standard InChI is InChI=1S/C29H42N8O5S/c1-43-15-13-23(35-26(40)21(30)16-19-9-11-20(38)12-10-19)28(42)36-22(8-5-14-34-29(32)33)27(41)37-24(25(31)39)17-18-6-3-2-4-7-18/h2-4,6-7,9-12,21-24,38H,5,8,13-17,30H2,1H3,(H2,31,39)(H,35,40)(H,36,42)(H,37,41)(H4,32,33,34)/t21-,22-,23-,24-/m0/s1. The first-order chi connectivity index (χ1) is 20.5. The van der Waals surface area contributed by atoms with Gasteiger partial charge in [-0.2, -0.15) is 11.8 Å². The van der Waals surface area contributed by atoms with Crippen molar-refractivity contribution < 1.29 is 24.3 Å². The minimum absolute atomic E-state index is 0.0923. The highest BCUT2D eigenvalue weighted by molar-refractivity contribution is 7.98. The van der Waals surface area contributed by atoms with E-state index in [0.717, 1.165) is 11.1 Å². The molecule has 0 heterocycles. The first-order valence-corrected chi connectivity index (χ1v) is 15.2. The fourth-order valence-corrected chi connectivity index (χ4v) is 4.62. The molecule has 43 heavy (non-hydrogen) atoms. The van der Waals surface area contributed by atoms with Crippen LogP contribution in [0.1, 0.15) is 30.4 Å². The van der Waals surface area contributed by atoms with E-state index in [0.29, 0.717) is 12.2 Å². The minimum Gasteiger partial charge on any atom is -0.508 e. The molecular weight excluding hydrogens is 572 g/mol. The number of aromatic hydroxyl groups is 1. The van der Waals surface area contributed by atoms with E-state index >= 15 is 0 Å². The molecule has 0 aliphatic carbocycles. The predicted molar refractivity (Wildman–Crippen MR) is 168 cm³/mol. The van der Waals surface area contributed by atoms with Crippen LogP contribution in [0, 0.1) is 0 Å². The van der Waals surface area contributed by atoms with Gasteiger partial charge in [0.25, 0.3) is 0 Å². The molecule has 13 nitrogen and oxygen atoms in total. The van der Waals surface area contributed by atoms with Gasteiger partial charge in [0.15, 0.2) is 5.96 Å². The van der Waals surface area contributed by atoms with Crippen molar-refractivity contribution in [2.45, 2.75) is 56.3 Å². The Kier molecular flexibility index (Phi) is 14.8. The van der Waals surface area contributed by atoms with Crippen LogP contribution in [-0.4, -0.2) is 77.4 Å². The van der Waals surface area contributed by atoms with Crippen LogP contribution in [-0.2, 0) is 32.0 Å². The number of rotatable bonds is 18. The quantitative estimate of drug-likeness (QED) is 0.0597. The smallest absolute Gasteiger partial charge is 0.243 e. The summed E-state index contributed by atoms with van der Waals surface area (Å²) in [5.74, 6) is -1.93. The molecule has 0 aliphatic rings. The lowest BCUT2D eigenvalue weighted by Crippen LogP contribution is -2.58. The number of hydrogen-bond acceptors (Lipinski definition) is 8. The summed E-state index contributed by atoms with van der Waals surface area (Å²) >= 11 is 1.49. The van der Waals surface area contributed by atoms with Gasteiger partial charge >= 0.3 is 0 Å². The van der Waals surface area contributed by atoms with Crippen molar-refractivity contribution in [3.63, 3.8) is 0 Å². The number of guanidine groups is 1. The lowest BCUT2D eigenvalue weighted by molar-refractivity contribution is -0.133. The first kappa shape index (κ1) is 34.9. The molecule has 2 aromatic carbocycles. The average molecular weight is 615 g/mol. The van der Waals surface area contributed by atoms with Gasteiger partial charge in [-0.3, -0.25) is 24.2 Å². The summed E-state index contributed by atoms with van der Waals surface area (Å²) < 4.78 is 0. The van der Waals surface area contributed by atoms with Gasteiger partial charge in [-0.05, 0) is 61.0 Å². The summed E-state index contributed by atoms with van der Waals surface area (Å²) in [5.41, 5.74) is 24.0. The largest absolute Gasteiger partial charge is 0.508 e. The maximum absolute atomic E-state index is 13.4. The molecule has 0 unspecified atom stereocenters. The zero-order chi connectivity index (χ0) is 31.8. The van der Waals surface area contributed by atoms with Crippen LogP contribution in [0.15, 0.2) is 59.6 Å². The van der Waals surface area contributed by atoms with E-state index in [1.54, 1.807) is 12.1 Å². The highest BCUT2D eigenvalue weighted by Gasteiger charge is 2.30. The van der Waals surface area contributed by atoms with E-state index in [4.69, 9.17) is 22.9 Å². The molecule has 14 heteroatoms. The van der Waals surface area contributed by atoms with Gasteiger partial charge in [0.2, 0.25) is 23.6 Å². The maximum atomic E-state index is 13.4. The number of benzene rings is 2. The van der Waals surface area contributed by atoms with Crippen LogP contribution in [0.5, 0.6) is 5.75 Å². The Balaban J connectivity index is 2.15. The van der Waals surface area contributed by atoms with Crippen molar-refractivity contribution in [2.75, 3.05) is 18.6 Å². The number of hydrogen-bond donors (Lipinski definition) is 8. The number of nitrogens with two attached hydrogens (primary N) is 4. The Hall–Kier alpha value is -4.30. The highest BCUT2D eigenvalue weighted by atomic mass is 32.2. The molecule has 4 amide bonds. The van der Waals surface area contributed by atoms with E-state index in [9.17, 15) is 24.3 Å². The topological polar surface area (TPSA) is 241 Å². The normalized spacial score (nSPS) is 13.5. The second-order valence-electron chi connectivity index (χ2n) is 9.98. The summed E-state index contributed by atoms with van der Waals surface area (Å²) in [5, 5.41) is 17.5. The van der Waals surface area contributed by atoms with E-state index in [-0.39, 0.29) is 43.9 Å². The number of phenols is 1. The molecule has 0 spiro atoms. The first-order valence-electron chi connectivity index (χ1n) is 13.8. The Labute approximate surface area is 255 Å². The summed E-state index contributed by atoms with van der Waals surface area (Å²) in [6.45, 7) is 0.212. The Bertz CT molecular complexity index is 1230. The zero-order valence-corrected chi connectivity index (χ0v) is 25.0. The van der Waals surface area contributed by atoms with Crippen molar-refractivity contribution >= 4 is 41.4 Å². The molecule has 4 atom stereocenters. The maximum Gasteiger partial charge on any atom is 0.243 e. The third-order valence-corrected chi connectivity index (χ3v) is 7.14. The van der Waals surface area contributed by atoms with Gasteiger partial charge < -0.3 is 44.0 Å². The number of phenolic OH excluding ortho intramolecular Hbond substituents is 1. The highest BCUT2D eigenvalue weighted by Crippen LogP contribution is 2.12. The SMILES string of the molecule is CSCC[C@H](NC(=O)[C@@H](N)Cc1ccc(O)cc1)C(=O)N[C@@H](CCCN=C(N)N)C(=O)N[C@@H](Cc1ccccc1)C(N)=O. The third kappa shape index (κ3) is 13.0. The number of primary amides is 1. The summed E-state index contributed by atoms with van der Waals surface area (Å²) in [6.07, 6.45) is 3.00. The Morgan fingerprint density at radius 3 is 1.93 bits per heavy atom. The molecule has 0 saturated heterocycles. The van der Waals surface area contributed by atoms with Gasteiger partial charge in [0.05, 0.1) is 6.04 Å². The van der Waals surface area contributed by atoms with Crippen molar-refractivity contribution in [3.05, 3.63) is 65.7 Å². The molecular formula is C29H42N8O5S. The monoisotopic (exact) mass is 614 g/mol. The molecule has 0 bridgehead atoms. The predicted octanol–water partition coefficient (Wildman–Crippen LogP) is -0.749. The third-order valence-electron chi connectivity index (χ3n) is 6.49. The van der Waals surface area contributed by atoms with Gasteiger partial charge in [0, 0.05) is 13.0 Å². The number of carbonyl (C=O) groups is 4. The summed E-state index contributed by atoms with van der Waals surface area (Å²) in [6, 6.07) is 11.3. The minimum atomic E-state index is -1.07. The van der Waals surface area contributed by atoms with Gasteiger partial charge in [0.1, 0.15) is 23.9 Å². The molecule has 2 aromatic rings. The van der Waals surface area contributed by atoms with Gasteiger partial charge in [-0.25, -0.2) is 0 Å².